The fraction of sp³-hybridized carbons (Fsp3) is 0.333. The van der Waals surface area contributed by atoms with Crippen molar-refractivity contribution in [2.24, 2.45) is 17.8 Å². The maximum Gasteiger partial charge on any atom is 0.387 e. The summed E-state index contributed by atoms with van der Waals surface area (Å²) in [6.45, 7) is -0.740. The van der Waals surface area contributed by atoms with Gasteiger partial charge in [0.15, 0.2) is 5.82 Å². The van der Waals surface area contributed by atoms with E-state index in [-0.39, 0.29) is 35.4 Å². The average molecular weight is 545 g/mol. The van der Waals surface area contributed by atoms with Crippen LogP contribution in [0.15, 0.2) is 61.1 Å². The summed E-state index contributed by atoms with van der Waals surface area (Å²) in [5.41, 5.74) is 5.21. The molecule has 1 fully saturated rings. The summed E-state index contributed by atoms with van der Waals surface area (Å²) in [6.07, 6.45) is 7.82. The lowest BCUT2D eigenvalue weighted by Gasteiger charge is -2.17. The molecule has 3 aliphatic carbocycles. The highest BCUT2D eigenvalue weighted by atomic mass is 19.3. The Morgan fingerprint density at radius 3 is 2.67 bits per heavy atom. The third-order valence-corrected chi connectivity index (χ3v) is 8.21. The molecule has 10 heteroatoms. The van der Waals surface area contributed by atoms with Gasteiger partial charge in [0, 0.05) is 41.2 Å². The molecule has 40 heavy (non-hydrogen) atoms. The molecule has 204 valence electrons. The third kappa shape index (κ3) is 4.05. The number of esters is 1. The van der Waals surface area contributed by atoms with Gasteiger partial charge in [0.2, 0.25) is 0 Å². The number of alkyl halides is 2. The molecule has 0 radical (unpaired) electrons. The Hall–Kier alpha value is -4.18. The van der Waals surface area contributed by atoms with Crippen LogP contribution in [0.2, 0.25) is 0 Å². The second-order valence-electron chi connectivity index (χ2n) is 10.5. The highest BCUT2D eigenvalue weighted by molar-refractivity contribution is 5.81. The van der Waals surface area contributed by atoms with Crippen molar-refractivity contribution in [1.29, 1.82) is 0 Å². The molecule has 0 aliphatic heterocycles. The van der Waals surface area contributed by atoms with Crippen LogP contribution in [0.5, 0.6) is 5.75 Å². The van der Waals surface area contributed by atoms with Gasteiger partial charge < -0.3 is 19.0 Å². The van der Waals surface area contributed by atoms with Gasteiger partial charge in [-0.3, -0.25) is 4.79 Å². The van der Waals surface area contributed by atoms with E-state index in [0.29, 0.717) is 35.8 Å². The van der Waals surface area contributed by atoms with Gasteiger partial charge in [0.25, 0.3) is 0 Å². The van der Waals surface area contributed by atoms with Gasteiger partial charge in [-0.2, -0.15) is 8.78 Å². The largest absolute Gasteiger partial charge is 0.466 e. The number of fused-ring (bicyclic) bond motifs is 4. The molecule has 0 amide bonds. The zero-order valence-electron chi connectivity index (χ0n) is 21.6. The Morgan fingerprint density at radius 2 is 1.95 bits per heavy atom. The van der Waals surface area contributed by atoms with E-state index in [1.165, 1.54) is 6.07 Å². The number of nitrogens with zero attached hydrogens (tertiary/aromatic N) is 4. The molecule has 3 aliphatic rings. The predicted octanol–water partition coefficient (Wildman–Crippen LogP) is 5.17. The minimum atomic E-state index is -2.95. The van der Waals surface area contributed by atoms with Crippen molar-refractivity contribution in [3.05, 3.63) is 83.8 Å². The van der Waals surface area contributed by atoms with Crippen LogP contribution in [0.25, 0.3) is 22.3 Å². The monoisotopic (exact) mass is 544 g/mol. The van der Waals surface area contributed by atoms with Crippen molar-refractivity contribution in [3.8, 4) is 16.9 Å². The first-order valence-electron chi connectivity index (χ1n) is 13.4. The van der Waals surface area contributed by atoms with Gasteiger partial charge in [0.1, 0.15) is 11.4 Å². The minimum Gasteiger partial charge on any atom is -0.466 e. The van der Waals surface area contributed by atoms with Gasteiger partial charge in [-0.1, -0.05) is 24.3 Å². The Bertz CT molecular complexity index is 1650. The lowest BCUT2D eigenvalue weighted by Crippen LogP contribution is -2.10. The van der Waals surface area contributed by atoms with Gasteiger partial charge in [-0.15, -0.1) is 0 Å². The number of aromatic nitrogens is 4. The zero-order chi connectivity index (χ0) is 27.5. The number of aliphatic hydroxyl groups is 1. The van der Waals surface area contributed by atoms with Crippen molar-refractivity contribution >= 4 is 17.2 Å². The molecule has 1 N–H and O–H groups in total. The molecule has 7 rings (SSSR count). The molecule has 5 atom stereocenters. The second-order valence-corrected chi connectivity index (χ2v) is 10.5. The van der Waals surface area contributed by atoms with Crippen LogP contribution in [-0.2, 0) is 9.53 Å². The Balaban J connectivity index is 1.18. The SMILES string of the molecule is CCOC(=O)C1C2C=C(c3ncc(-c4ccc5nc6c(n5c4)C(c4ccccc4OC(F)F)CC6O)cn3)CC21. The van der Waals surface area contributed by atoms with Crippen LogP contribution in [0, 0.1) is 17.8 Å². The fourth-order valence-electron chi connectivity index (χ4n) is 6.36. The van der Waals surface area contributed by atoms with Crippen LogP contribution in [0.3, 0.4) is 0 Å². The predicted molar refractivity (Wildman–Crippen MR) is 140 cm³/mol. The highest BCUT2D eigenvalue weighted by Gasteiger charge is 2.57. The number of rotatable bonds is 7. The second kappa shape index (κ2) is 9.48. The van der Waals surface area contributed by atoms with Crippen LogP contribution in [0.1, 0.15) is 54.6 Å². The standard InChI is InChI=1S/C30H26F2N4O4/c1-2-39-29(38)25-19-9-16(10-20(19)25)28-33-12-17(13-34-28)15-7-8-24-35-26-22(37)11-21(27(26)36(24)14-15)18-5-3-4-6-23(18)40-30(31)32/h3-9,12-14,19-22,25,30,37H,2,10-11H2,1H3. The number of hydrogen-bond acceptors (Lipinski definition) is 7. The van der Waals surface area contributed by atoms with Crippen molar-refractivity contribution in [3.63, 3.8) is 0 Å². The highest BCUT2D eigenvalue weighted by Crippen LogP contribution is 2.58. The summed E-state index contributed by atoms with van der Waals surface area (Å²) in [4.78, 5) is 25.9. The van der Waals surface area contributed by atoms with Crippen molar-refractivity contribution in [2.45, 2.75) is 38.4 Å². The molecular formula is C30H26F2N4O4. The number of imidazole rings is 1. The summed E-state index contributed by atoms with van der Waals surface area (Å²) in [5.74, 6) is 0.702. The van der Waals surface area contributed by atoms with E-state index >= 15 is 0 Å². The molecule has 8 nitrogen and oxygen atoms in total. The Morgan fingerprint density at radius 1 is 1.15 bits per heavy atom. The molecule has 5 unspecified atom stereocenters. The Labute approximate surface area is 228 Å². The lowest BCUT2D eigenvalue weighted by atomic mass is 9.95. The maximum absolute atomic E-state index is 13.1. The lowest BCUT2D eigenvalue weighted by molar-refractivity contribution is -0.145. The molecule has 0 saturated heterocycles. The third-order valence-electron chi connectivity index (χ3n) is 8.21. The molecular weight excluding hydrogens is 518 g/mol. The number of carbonyl (C=O) groups excluding carboxylic acids is 1. The van der Waals surface area contributed by atoms with Gasteiger partial charge in [-0.05, 0) is 55.4 Å². The van der Waals surface area contributed by atoms with Crippen LogP contribution >= 0.6 is 0 Å². The Kier molecular flexibility index (Phi) is 5.88. The number of halogens is 2. The molecule has 0 bridgehead atoms. The van der Waals surface area contributed by atoms with Crippen molar-refractivity contribution in [2.75, 3.05) is 6.61 Å². The molecule has 1 aromatic carbocycles. The van der Waals surface area contributed by atoms with Crippen LogP contribution in [0.4, 0.5) is 8.78 Å². The number of pyridine rings is 1. The summed E-state index contributed by atoms with van der Waals surface area (Å²) >= 11 is 0. The van der Waals surface area contributed by atoms with E-state index in [2.05, 4.69) is 21.0 Å². The van der Waals surface area contributed by atoms with Crippen molar-refractivity contribution in [1.82, 2.24) is 19.4 Å². The summed E-state index contributed by atoms with van der Waals surface area (Å²) in [7, 11) is 0. The number of hydrogen-bond donors (Lipinski definition) is 1. The summed E-state index contributed by atoms with van der Waals surface area (Å²) < 4.78 is 38.1. The van der Waals surface area contributed by atoms with E-state index in [4.69, 9.17) is 9.47 Å². The first-order chi connectivity index (χ1) is 19.4. The fourth-order valence-corrected chi connectivity index (χ4v) is 6.36. The molecule has 3 heterocycles. The topological polar surface area (TPSA) is 98.8 Å². The van der Waals surface area contributed by atoms with E-state index in [1.54, 1.807) is 30.6 Å². The minimum absolute atomic E-state index is 0.0390. The van der Waals surface area contributed by atoms with E-state index in [1.807, 2.05) is 29.7 Å². The molecule has 3 aromatic heterocycles. The normalized spacial score (nSPS) is 24.6. The number of benzene rings is 1. The number of carbonyl (C=O) groups is 1. The molecule has 1 saturated carbocycles. The quantitative estimate of drug-likeness (QED) is 0.320. The zero-order valence-corrected chi connectivity index (χ0v) is 21.6. The van der Waals surface area contributed by atoms with E-state index in [0.717, 1.165) is 28.8 Å². The molecule has 0 spiro atoms. The molecule has 4 aromatic rings. The smallest absolute Gasteiger partial charge is 0.387 e. The number of allylic oxidation sites excluding steroid dienone is 2. The number of para-hydroxylation sites is 1. The van der Waals surface area contributed by atoms with Crippen molar-refractivity contribution < 1.29 is 28.2 Å². The van der Waals surface area contributed by atoms with Gasteiger partial charge >= 0.3 is 12.6 Å². The van der Waals surface area contributed by atoms with Gasteiger partial charge in [0.05, 0.1) is 30.0 Å². The van der Waals surface area contributed by atoms with E-state index < -0.39 is 12.7 Å². The summed E-state index contributed by atoms with van der Waals surface area (Å²) in [5, 5.41) is 10.8. The number of ether oxygens (including phenoxy) is 2. The summed E-state index contributed by atoms with van der Waals surface area (Å²) in [6, 6.07) is 10.4. The van der Waals surface area contributed by atoms with Gasteiger partial charge in [-0.25, -0.2) is 15.0 Å². The maximum atomic E-state index is 13.1. The van der Waals surface area contributed by atoms with Crippen LogP contribution in [-0.4, -0.2) is 43.6 Å². The first kappa shape index (κ1) is 24.8. The van der Waals surface area contributed by atoms with Crippen LogP contribution < -0.4 is 4.74 Å². The van der Waals surface area contributed by atoms with E-state index in [9.17, 15) is 18.7 Å². The average Bonchev–Trinajstić information content (AvgIpc) is 3.24. The number of aliphatic hydroxyl groups excluding tert-OH is 1. The first-order valence-corrected chi connectivity index (χ1v) is 13.4.